The van der Waals surface area contributed by atoms with Crippen LogP contribution < -0.4 is 4.72 Å². The van der Waals surface area contributed by atoms with Crippen molar-refractivity contribution >= 4 is 10.2 Å². The Kier molecular flexibility index (Phi) is 4.84. The SMILES string of the molecule is CC(C)N(C)S(=O)(=O)NCc1cccc(C#N)c1. The zero-order chi connectivity index (χ0) is 13.8. The predicted molar refractivity (Wildman–Crippen MR) is 69.8 cm³/mol. The summed E-state index contributed by atoms with van der Waals surface area (Å²) in [6.07, 6.45) is 0. The van der Waals surface area contributed by atoms with E-state index in [2.05, 4.69) is 4.72 Å². The van der Waals surface area contributed by atoms with Crippen LogP contribution in [0.15, 0.2) is 24.3 Å². The molecule has 0 unspecified atom stereocenters. The maximum absolute atomic E-state index is 11.8. The molecule has 1 rings (SSSR count). The van der Waals surface area contributed by atoms with E-state index in [1.165, 1.54) is 11.4 Å². The molecule has 98 valence electrons. The van der Waals surface area contributed by atoms with Gasteiger partial charge in [-0.3, -0.25) is 0 Å². The molecular formula is C12H17N3O2S. The summed E-state index contributed by atoms with van der Waals surface area (Å²) in [6.45, 7) is 3.78. The van der Waals surface area contributed by atoms with E-state index in [4.69, 9.17) is 5.26 Å². The smallest absolute Gasteiger partial charge is 0.198 e. The second-order valence-electron chi connectivity index (χ2n) is 4.25. The summed E-state index contributed by atoms with van der Waals surface area (Å²) in [5.74, 6) is 0. The van der Waals surface area contributed by atoms with E-state index >= 15 is 0 Å². The topological polar surface area (TPSA) is 73.2 Å². The lowest BCUT2D eigenvalue weighted by Crippen LogP contribution is -2.41. The van der Waals surface area contributed by atoms with Crippen molar-refractivity contribution in [2.45, 2.75) is 26.4 Å². The van der Waals surface area contributed by atoms with E-state index in [0.29, 0.717) is 5.56 Å². The van der Waals surface area contributed by atoms with Gasteiger partial charge in [0.2, 0.25) is 0 Å². The molecule has 0 aliphatic rings. The second-order valence-corrected chi connectivity index (χ2v) is 6.06. The van der Waals surface area contributed by atoms with Gasteiger partial charge in [0.05, 0.1) is 11.6 Å². The van der Waals surface area contributed by atoms with Crippen LogP contribution in [0.2, 0.25) is 0 Å². The molecule has 0 aliphatic carbocycles. The van der Waals surface area contributed by atoms with Crippen molar-refractivity contribution in [1.82, 2.24) is 9.03 Å². The first-order valence-electron chi connectivity index (χ1n) is 5.58. The fourth-order valence-electron chi connectivity index (χ4n) is 1.30. The molecule has 0 fully saturated rings. The van der Waals surface area contributed by atoms with E-state index in [1.54, 1.807) is 38.1 Å². The fraction of sp³-hybridized carbons (Fsp3) is 0.417. The molecule has 5 nitrogen and oxygen atoms in total. The lowest BCUT2D eigenvalue weighted by molar-refractivity contribution is 0.402. The molecule has 0 atom stereocenters. The highest BCUT2D eigenvalue weighted by atomic mass is 32.2. The Hall–Kier alpha value is -1.42. The Morgan fingerprint density at radius 3 is 2.67 bits per heavy atom. The van der Waals surface area contributed by atoms with E-state index in [0.717, 1.165) is 5.56 Å². The second kappa shape index (κ2) is 5.96. The summed E-state index contributed by atoms with van der Waals surface area (Å²) in [5, 5.41) is 8.75. The number of nitriles is 1. The molecular weight excluding hydrogens is 250 g/mol. The van der Waals surface area contributed by atoms with Gasteiger partial charge in [-0.1, -0.05) is 12.1 Å². The molecule has 1 aromatic rings. The first-order valence-corrected chi connectivity index (χ1v) is 7.02. The number of benzene rings is 1. The zero-order valence-electron chi connectivity index (χ0n) is 10.7. The number of hydrogen-bond donors (Lipinski definition) is 1. The van der Waals surface area contributed by atoms with Gasteiger partial charge in [0.25, 0.3) is 10.2 Å². The predicted octanol–water partition coefficient (Wildman–Crippen LogP) is 1.23. The minimum atomic E-state index is -3.48. The third kappa shape index (κ3) is 3.81. The summed E-state index contributed by atoms with van der Waals surface area (Å²) < 4.78 is 27.5. The van der Waals surface area contributed by atoms with Gasteiger partial charge in [0.15, 0.2) is 0 Å². The van der Waals surface area contributed by atoms with Gasteiger partial charge in [-0.15, -0.1) is 0 Å². The molecule has 0 spiro atoms. The maximum Gasteiger partial charge on any atom is 0.279 e. The number of nitrogens with one attached hydrogen (secondary N) is 1. The zero-order valence-corrected chi connectivity index (χ0v) is 11.5. The standard InChI is InChI=1S/C12H17N3O2S/c1-10(2)15(3)18(16,17)14-9-12-6-4-5-11(7-12)8-13/h4-7,10,14H,9H2,1-3H3. The van der Waals surface area contributed by atoms with Crippen LogP contribution >= 0.6 is 0 Å². The van der Waals surface area contributed by atoms with Crippen LogP contribution in [0, 0.1) is 11.3 Å². The van der Waals surface area contributed by atoms with Gasteiger partial charge >= 0.3 is 0 Å². The van der Waals surface area contributed by atoms with Crippen LogP contribution in [0.3, 0.4) is 0 Å². The molecule has 0 radical (unpaired) electrons. The van der Waals surface area contributed by atoms with E-state index in [9.17, 15) is 8.42 Å². The normalized spacial score (nSPS) is 11.8. The van der Waals surface area contributed by atoms with Gasteiger partial charge in [-0.25, -0.2) is 0 Å². The van der Waals surface area contributed by atoms with Crippen molar-refractivity contribution in [3.8, 4) is 6.07 Å². The average molecular weight is 267 g/mol. The molecule has 0 aliphatic heterocycles. The number of nitrogens with zero attached hydrogens (tertiary/aromatic N) is 2. The van der Waals surface area contributed by atoms with E-state index in [1.807, 2.05) is 6.07 Å². The molecule has 0 amide bonds. The minimum absolute atomic E-state index is 0.104. The van der Waals surface area contributed by atoms with Gasteiger partial charge < -0.3 is 0 Å². The quantitative estimate of drug-likeness (QED) is 0.872. The van der Waals surface area contributed by atoms with Crippen LogP contribution in [-0.2, 0) is 16.8 Å². The van der Waals surface area contributed by atoms with Gasteiger partial charge in [-0.05, 0) is 31.5 Å². The van der Waals surface area contributed by atoms with Crippen molar-refractivity contribution in [1.29, 1.82) is 5.26 Å². The molecule has 18 heavy (non-hydrogen) atoms. The Morgan fingerprint density at radius 2 is 2.11 bits per heavy atom. The van der Waals surface area contributed by atoms with Crippen LogP contribution in [0.5, 0.6) is 0 Å². The number of rotatable bonds is 5. The first kappa shape index (κ1) is 14.6. The van der Waals surface area contributed by atoms with E-state index < -0.39 is 10.2 Å². The Labute approximate surface area is 108 Å². The van der Waals surface area contributed by atoms with Crippen molar-refractivity contribution < 1.29 is 8.42 Å². The van der Waals surface area contributed by atoms with Gasteiger partial charge in [0.1, 0.15) is 0 Å². The van der Waals surface area contributed by atoms with Crippen molar-refractivity contribution in [2.75, 3.05) is 7.05 Å². The van der Waals surface area contributed by atoms with Crippen molar-refractivity contribution in [3.63, 3.8) is 0 Å². The number of hydrogen-bond acceptors (Lipinski definition) is 3. The largest absolute Gasteiger partial charge is 0.279 e. The summed E-state index contributed by atoms with van der Waals surface area (Å²) in [7, 11) is -1.95. The molecule has 1 aromatic carbocycles. The molecule has 0 saturated carbocycles. The average Bonchev–Trinajstić information content (AvgIpc) is 2.35. The molecule has 1 N–H and O–H groups in total. The van der Waals surface area contributed by atoms with Crippen LogP contribution in [-0.4, -0.2) is 25.8 Å². The molecule has 0 saturated heterocycles. The van der Waals surface area contributed by atoms with Crippen molar-refractivity contribution in [2.24, 2.45) is 0 Å². The van der Waals surface area contributed by atoms with Crippen LogP contribution in [0.4, 0.5) is 0 Å². The highest BCUT2D eigenvalue weighted by molar-refractivity contribution is 7.87. The monoisotopic (exact) mass is 267 g/mol. The molecule has 0 bridgehead atoms. The third-order valence-electron chi connectivity index (χ3n) is 2.62. The van der Waals surface area contributed by atoms with Gasteiger partial charge in [-0.2, -0.15) is 22.7 Å². The summed E-state index contributed by atoms with van der Waals surface area (Å²) >= 11 is 0. The maximum atomic E-state index is 11.8. The molecule has 6 heteroatoms. The van der Waals surface area contributed by atoms with Crippen LogP contribution in [0.25, 0.3) is 0 Å². The third-order valence-corrected chi connectivity index (χ3v) is 4.31. The highest BCUT2D eigenvalue weighted by Gasteiger charge is 2.19. The Morgan fingerprint density at radius 1 is 1.44 bits per heavy atom. The molecule has 0 aromatic heterocycles. The first-order chi connectivity index (χ1) is 8.36. The lowest BCUT2D eigenvalue weighted by Gasteiger charge is -2.21. The lowest BCUT2D eigenvalue weighted by atomic mass is 10.1. The minimum Gasteiger partial charge on any atom is -0.198 e. The Bertz CT molecular complexity index is 547. The van der Waals surface area contributed by atoms with E-state index in [-0.39, 0.29) is 12.6 Å². The van der Waals surface area contributed by atoms with Gasteiger partial charge in [0, 0.05) is 19.6 Å². The Balaban J connectivity index is 2.74. The highest BCUT2D eigenvalue weighted by Crippen LogP contribution is 2.06. The van der Waals surface area contributed by atoms with Crippen LogP contribution in [0.1, 0.15) is 25.0 Å². The van der Waals surface area contributed by atoms with Crippen molar-refractivity contribution in [3.05, 3.63) is 35.4 Å². The summed E-state index contributed by atoms with van der Waals surface area (Å²) in [5.41, 5.74) is 1.28. The summed E-state index contributed by atoms with van der Waals surface area (Å²) in [6, 6.07) is 8.76. The summed E-state index contributed by atoms with van der Waals surface area (Å²) in [4.78, 5) is 0. The molecule has 0 heterocycles. The fourth-order valence-corrected chi connectivity index (χ4v) is 2.41.